The van der Waals surface area contributed by atoms with Crippen molar-refractivity contribution >= 4 is 0 Å². The number of hydrogen-bond acceptors (Lipinski definition) is 5. The Hall–Kier alpha value is -1.14. The first-order valence-corrected chi connectivity index (χ1v) is 6.54. The smallest absolute Gasteiger partial charge is 0.123 e. The molecule has 0 atom stereocenters. The highest BCUT2D eigenvalue weighted by Crippen LogP contribution is 2.16. The fourth-order valence-corrected chi connectivity index (χ4v) is 1.80. The average Bonchev–Trinajstić information content (AvgIpc) is 2.45. The quantitative estimate of drug-likeness (QED) is 0.645. The van der Waals surface area contributed by atoms with E-state index in [4.69, 9.17) is 20.3 Å². The number of hydrogen-bond donors (Lipinski definition) is 2. The Kier molecular flexibility index (Phi) is 8.16. The summed E-state index contributed by atoms with van der Waals surface area (Å²) < 4.78 is 10.8. The van der Waals surface area contributed by atoms with Crippen LogP contribution in [0.3, 0.4) is 0 Å². The minimum absolute atomic E-state index is 0.142. The molecular weight excluding hydrogens is 244 g/mol. The van der Waals surface area contributed by atoms with Gasteiger partial charge in [-0.15, -0.1) is 0 Å². The number of aliphatic hydroxyl groups is 1. The van der Waals surface area contributed by atoms with Gasteiger partial charge in [0.15, 0.2) is 0 Å². The second-order valence-corrected chi connectivity index (χ2v) is 4.22. The van der Waals surface area contributed by atoms with E-state index in [-0.39, 0.29) is 6.61 Å². The van der Waals surface area contributed by atoms with Crippen LogP contribution in [0.4, 0.5) is 0 Å². The lowest BCUT2D eigenvalue weighted by molar-refractivity contribution is 0.118. The van der Waals surface area contributed by atoms with Crippen LogP contribution in [0, 0.1) is 0 Å². The molecule has 0 bridgehead atoms. The lowest BCUT2D eigenvalue weighted by Gasteiger charge is -2.21. The predicted octanol–water partition coefficient (Wildman–Crippen LogP) is 0.465. The fraction of sp³-hybridized carbons (Fsp3) is 0.571. The maximum atomic E-state index is 8.99. The molecule has 1 rings (SSSR count). The minimum atomic E-state index is 0.142. The Labute approximate surface area is 114 Å². The number of rotatable bonds is 10. The molecule has 0 unspecified atom stereocenters. The third kappa shape index (κ3) is 6.02. The van der Waals surface area contributed by atoms with E-state index in [1.807, 2.05) is 24.3 Å². The fourth-order valence-electron chi connectivity index (χ4n) is 1.80. The number of benzene rings is 1. The van der Waals surface area contributed by atoms with Crippen LogP contribution in [0.2, 0.25) is 0 Å². The van der Waals surface area contributed by atoms with E-state index in [0.717, 1.165) is 24.4 Å². The first-order chi connectivity index (χ1) is 9.31. The Morgan fingerprint density at radius 1 is 1.16 bits per heavy atom. The van der Waals surface area contributed by atoms with Gasteiger partial charge in [0.1, 0.15) is 12.4 Å². The van der Waals surface area contributed by atoms with Gasteiger partial charge in [0, 0.05) is 38.9 Å². The summed E-state index contributed by atoms with van der Waals surface area (Å²) >= 11 is 0. The van der Waals surface area contributed by atoms with E-state index < -0.39 is 0 Å². The largest absolute Gasteiger partial charge is 0.492 e. The second-order valence-electron chi connectivity index (χ2n) is 4.22. The van der Waals surface area contributed by atoms with Crippen LogP contribution in [0.5, 0.6) is 5.75 Å². The normalized spacial score (nSPS) is 10.9. The highest BCUT2D eigenvalue weighted by atomic mass is 16.5. The Bertz CT molecular complexity index is 347. The summed E-state index contributed by atoms with van der Waals surface area (Å²) in [5.41, 5.74) is 6.66. The number of nitrogens with two attached hydrogens (primary N) is 1. The van der Waals surface area contributed by atoms with Gasteiger partial charge < -0.3 is 20.3 Å². The van der Waals surface area contributed by atoms with Crippen molar-refractivity contribution in [3.63, 3.8) is 0 Å². The van der Waals surface area contributed by atoms with Gasteiger partial charge in [-0.3, -0.25) is 4.90 Å². The van der Waals surface area contributed by atoms with E-state index >= 15 is 0 Å². The molecule has 0 aromatic heterocycles. The Morgan fingerprint density at radius 3 is 2.58 bits per heavy atom. The maximum absolute atomic E-state index is 8.99. The van der Waals surface area contributed by atoms with Crippen molar-refractivity contribution in [2.75, 3.05) is 46.6 Å². The van der Waals surface area contributed by atoms with Gasteiger partial charge in [-0.1, -0.05) is 18.2 Å². The van der Waals surface area contributed by atoms with Crippen molar-refractivity contribution in [1.29, 1.82) is 0 Å². The van der Waals surface area contributed by atoms with Crippen LogP contribution in [0.25, 0.3) is 0 Å². The Morgan fingerprint density at radius 2 is 1.89 bits per heavy atom. The molecule has 0 saturated carbocycles. The molecule has 0 spiro atoms. The average molecular weight is 268 g/mol. The highest BCUT2D eigenvalue weighted by molar-refractivity contribution is 5.32. The van der Waals surface area contributed by atoms with Crippen LogP contribution in [-0.2, 0) is 11.3 Å². The number of ether oxygens (including phenoxy) is 2. The monoisotopic (exact) mass is 268 g/mol. The van der Waals surface area contributed by atoms with E-state index in [1.165, 1.54) is 0 Å². The summed E-state index contributed by atoms with van der Waals surface area (Å²) in [6.07, 6.45) is 0. The van der Waals surface area contributed by atoms with Crippen molar-refractivity contribution in [1.82, 2.24) is 4.90 Å². The molecule has 108 valence electrons. The van der Waals surface area contributed by atoms with Crippen LogP contribution in [0.15, 0.2) is 24.3 Å². The molecule has 1 aromatic rings. The lowest BCUT2D eigenvalue weighted by Crippen LogP contribution is -2.34. The molecule has 3 N–H and O–H groups in total. The third-order valence-corrected chi connectivity index (χ3v) is 2.89. The molecule has 19 heavy (non-hydrogen) atoms. The van der Waals surface area contributed by atoms with Crippen LogP contribution >= 0.6 is 0 Å². The summed E-state index contributed by atoms with van der Waals surface area (Å²) in [4.78, 5) is 2.11. The molecule has 0 aliphatic heterocycles. The standard InChI is InChI=1S/C14H24N2O3/c1-18-10-7-16(6-9-17)8-11-19-14-5-3-2-4-13(14)12-15/h2-5,17H,6-12,15H2,1H3. The van der Waals surface area contributed by atoms with Gasteiger partial charge in [-0.2, -0.15) is 0 Å². The molecular formula is C14H24N2O3. The van der Waals surface area contributed by atoms with Crippen molar-refractivity contribution in [3.8, 4) is 5.75 Å². The molecule has 0 amide bonds. The topological polar surface area (TPSA) is 68.0 Å². The molecule has 1 aromatic carbocycles. The summed E-state index contributed by atoms with van der Waals surface area (Å²) in [5, 5.41) is 8.99. The molecule has 0 aliphatic rings. The molecule has 0 fully saturated rings. The van der Waals surface area contributed by atoms with Gasteiger partial charge in [0.2, 0.25) is 0 Å². The van der Waals surface area contributed by atoms with Crippen LogP contribution in [-0.4, -0.2) is 56.6 Å². The van der Waals surface area contributed by atoms with E-state index in [9.17, 15) is 0 Å². The molecule has 0 radical (unpaired) electrons. The zero-order chi connectivity index (χ0) is 13.9. The van der Waals surface area contributed by atoms with Crippen LogP contribution in [0.1, 0.15) is 5.56 Å². The van der Waals surface area contributed by atoms with Crippen molar-refractivity contribution in [2.45, 2.75) is 6.54 Å². The minimum Gasteiger partial charge on any atom is -0.492 e. The van der Waals surface area contributed by atoms with Crippen LogP contribution < -0.4 is 10.5 Å². The van der Waals surface area contributed by atoms with Crippen molar-refractivity contribution < 1.29 is 14.6 Å². The second kappa shape index (κ2) is 9.75. The summed E-state index contributed by atoms with van der Waals surface area (Å²) in [6.45, 7) is 4.01. The SMILES string of the molecule is COCCN(CCO)CCOc1ccccc1CN. The molecule has 5 heteroatoms. The van der Waals surface area contributed by atoms with Gasteiger partial charge in [0.25, 0.3) is 0 Å². The lowest BCUT2D eigenvalue weighted by atomic mass is 10.2. The molecule has 0 aliphatic carbocycles. The summed E-state index contributed by atoms with van der Waals surface area (Å²) in [6, 6.07) is 7.77. The van der Waals surface area contributed by atoms with Gasteiger partial charge in [0.05, 0.1) is 13.2 Å². The third-order valence-electron chi connectivity index (χ3n) is 2.89. The number of nitrogens with zero attached hydrogens (tertiary/aromatic N) is 1. The van der Waals surface area contributed by atoms with Gasteiger partial charge in [-0.05, 0) is 6.07 Å². The number of para-hydroxylation sites is 1. The summed E-state index contributed by atoms with van der Waals surface area (Å²) in [5.74, 6) is 0.834. The molecule has 0 saturated heterocycles. The van der Waals surface area contributed by atoms with Gasteiger partial charge in [-0.25, -0.2) is 0 Å². The first-order valence-electron chi connectivity index (χ1n) is 6.54. The zero-order valence-corrected chi connectivity index (χ0v) is 11.5. The predicted molar refractivity (Wildman–Crippen MR) is 75.2 cm³/mol. The van der Waals surface area contributed by atoms with E-state index in [1.54, 1.807) is 7.11 Å². The highest BCUT2D eigenvalue weighted by Gasteiger charge is 2.05. The van der Waals surface area contributed by atoms with E-state index in [2.05, 4.69) is 4.90 Å². The zero-order valence-electron chi connectivity index (χ0n) is 11.5. The molecule has 0 heterocycles. The number of methoxy groups -OCH3 is 1. The van der Waals surface area contributed by atoms with Crippen molar-refractivity contribution in [3.05, 3.63) is 29.8 Å². The maximum Gasteiger partial charge on any atom is 0.123 e. The van der Waals surface area contributed by atoms with Crippen molar-refractivity contribution in [2.24, 2.45) is 5.73 Å². The molecule has 5 nitrogen and oxygen atoms in total. The Balaban J connectivity index is 2.38. The first kappa shape index (κ1) is 15.9. The number of aliphatic hydroxyl groups excluding tert-OH is 1. The van der Waals surface area contributed by atoms with Gasteiger partial charge >= 0.3 is 0 Å². The van der Waals surface area contributed by atoms with E-state index in [0.29, 0.717) is 26.3 Å². The summed E-state index contributed by atoms with van der Waals surface area (Å²) in [7, 11) is 1.67.